The molecular formula is C21H18F4N4OS. The molecule has 5 nitrogen and oxygen atoms in total. The highest BCUT2D eigenvalue weighted by Gasteiger charge is 2.35. The van der Waals surface area contributed by atoms with E-state index in [1.807, 2.05) is 11.0 Å². The third kappa shape index (κ3) is 4.59. The topological polar surface area (TPSA) is 61.3 Å². The minimum atomic E-state index is -4.63. The fourth-order valence-corrected chi connectivity index (χ4v) is 3.81. The van der Waals surface area contributed by atoms with Gasteiger partial charge in [-0.25, -0.2) is 14.4 Å². The molecule has 1 aromatic carbocycles. The summed E-state index contributed by atoms with van der Waals surface area (Å²) in [5, 5.41) is 10.0. The molecule has 31 heavy (non-hydrogen) atoms. The maximum absolute atomic E-state index is 14.0. The van der Waals surface area contributed by atoms with Crippen molar-refractivity contribution in [3.63, 3.8) is 0 Å². The predicted octanol–water partition coefficient (Wildman–Crippen LogP) is 4.91. The van der Waals surface area contributed by atoms with E-state index in [4.69, 9.17) is 0 Å². The summed E-state index contributed by atoms with van der Waals surface area (Å²) in [5.41, 5.74) is -1.10. The quantitative estimate of drug-likeness (QED) is 0.426. The van der Waals surface area contributed by atoms with Crippen molar-refractivity contribution in [2.45, 2.75) is 24.2 Å². The van der Waals surface area contributed by atoms with E-state index in [9.17, 15) is 22.7 Å². The van der Waals surface area contributed by atoms with Crippen LogP contribution < -0.4 is 9.62 Å². The van der Waals surface area contributed by atoms with E-state index in [-0.39, 0.29) is 28.7 Å². The Bertz CT molecular complexity index is 1100. The van der Waals surface area contributed by atoms with Gasteiger partial charge in [0.25, 0.3) is 0 Å². The largest absolute Gasteiger partial charge is 0.418 e. The number of nitrogens with zero attached hydrogens (tertiary/aromatic N) is 3. The Morgan fingerprint density at radius 3 is 2.52 bits per heavy atom. The van der Waals surface area contributed by atoms with Crippen molar-refractivity contribution in [3.05, 3.63) is 65.5 Å². The molecule has 1 aliphatic rings. The van der Waals surface area contributed by atoms with E-state index in [2.05, 4.69) is 14.7 Å². The highest BCUT2D eigenvalue weighted by atomic mass is 32.2. The monoisotopic (exact) mass is 450 g/mol. The second-order valence-corrected chi connectivity index (χ2v) is 7.93. The number of hydrogen-bond acceptors (Lipinski definition) is 6. The van der Waals surface area contributed by atoms with Crippen molar-refractivity contribution < 1.29 is 22.7 Å². The lowest BCUT2D eigenvalue weighted by Crippen LogP contribution is -2.51. The van der Waals surface area contributed by atoms with Crippen LogP contribution >= 0.6 is 11.9 Å². The number of halogens is 4. The van der Waals surface area contributed by atoms with Gasteiger partial charge in [0.2, 0.25) is 0 Å². The van der Waals surface area contributed by atoms with Gasteiger partial charge in [-0.3, -0.25) is 0 Å². The molecule has 1 aliphatic heterocycles. The first-order chi connectivity index (χ1) is 14.7. The van der Waals surface area contributed by atoms with Gasteiger partial charge in [0.1, 0.15) is 22.5 Å². The number of aromatic nitrogens is 2. The predicted molar refractivity (Wildman–Crippen MR) is 111 cm³/mol. The SMILES string of the molecule is Cc1c(F)cccc1-c1nc(NSc2cccc(N3CC(O)C3)n2)ccc1C(F)(F)F. The van der Waals surface area contributed by atoms with Crippen LogP contribution in [0, 0.1) is 12.7 Å². The number of hydrogen-bond donors (Lipinski definition) is 2. The van der Waals surface area contributed by atoms with E-state index in [0.717, 1.165) is 18.0 Å². The molecule has 1 fully saturated rings. The zero-order valence-corrected chi connectivity index (χ0v) is 17.1. The molecule has 0 radical (unpaired) electrons. The van der Waals surface area contributed by atoms with Gasteiger partial charge >= 0.3 is 6.18 Å². The van der Waals surface area contributed by atoms with Crippen LogP contribution in [0.2, 0.25) is 0 Å². The van der Waals surface area contributed by atoms with Crippen molar-refractivity contribution in [2.24, 2.45) is 0 Å². The second-order valence-electron chi connectivity index (χ2n) is 7.10. The molecule has 0 aliphatic carbocycles. The van der Waals surface area contributed by atoms with Gasteiger partial charge in [-0.05, 0) is 42.8 Å². The molecule has 0 saturated carbocycles. The molecule has 2 N–H and O–H groups in total. The summed E-state index contributed by atoms with van der Waals surface area (Å²) in [6.45, 7) is 2.43. The first kappa shape index (κ1) is 21.4. The van der Waals surface area contributed by atoms with Crippen LogP contribution in [-0.4, -0.2) is 34.3 Å². The molecule has 0 bridgehead atoms. The van der Waals surface area contributed by atoms with Crippen molar-refractivity contribution in [3.8, 4) is 11.3 Å². The molecule has 3 aromatic rings. The van der Waals surface area contributed by atoms with Gasteiger partial charge in [-0.2, -0.15) is 13.2 Å². The number of alkyl halides is 3. The Morgan fingerprint density at radius 1 is 1.06 bits per heavy atom. The van der Waals surface area contributed by atoms with Crippen LogP contribution in [0.4, 0.5) is 29.2 Å². The molecule has 1 saturated heterocycles. The summed E-state index contributed by atoms with van der Waals surface area (Å²) in [4.78, 5) is 10.5. The highest BCUT2D eigenvalue weighted by Crippen LogP contribution is 2.38. The van der Waals surface area contributed by atoms with Crippen LogP contribution in [-0.2, 0) is 6.18 Å². The maximum Gasteiger partial charge on any atom is 0.418 e. The van der Waals surface area contributed by atoms with E-state index < -0.39 is 17.6 Å². The molecular weight excluding hydrogens is 432 g/mol. The molecule has 0 atom stereocenters. The lowest BCUT2D eigenvalue weighted by Gasteiger charge is -2.36. The Balaban J connectivity index is 1.60. The molecule has 162 valence electrons. The Morgan fingerprint density at radius 2 is 1.81 bits per heavy atom. The van der Waals surface area contributed by atoms with Gasteiger partial charge in [0.15, 0.2) is 0 Å². The smallest absolute Gasteiger partial charge is 0.389 e. The molecule has 4 rings (SSSR count). The average Bonchev–Trinajstić information content (AvgIpc) is 2.71. The van der Waals surface area contributed by atoms with E-state index in [0.29, 0.717) is 23.9 Å². The number of β-amino-alcohol motifs (C(OH)–C–C–N with tert-alkyl or cyclic N) is 1. The van der Waals surface area contributed by atoms with Crippen LogP contribution in [0.25, 0.3) is 11.3 Å². The number of aliphatic hydroxyl groups is 1. The molecule has 0 unspecified atom stereocenters. The fourth-order valence-electron chi connectivity index (χ4n) is 3.20. The molecule has 3 heterocycles. The molecule has 10 heteroatoms. The Labute approximate surface area is 180 Å². The van der Waals surface area contributed by atoms with Crippen LogP contribution in [0.15, 0.2) is 53.6 Å². The Kier molecular flexibility index (Phi) is 5.76. The average molecular weight is 450 g/mol. The zero-order chi connectivity index (χ0) is 22.2. The second kappa shape index (κ2) is 8.35. The number of rotatable bonds is 5. The number of nitrogens with one attached hydrogen (secondary N) is 1. The normalized spacial score (nSPS) is 14.5. The van der Waals surface area contributed by atoms with Gasteiger partial charge < -0.3 is 14.7 Å². The van der Waals surface area contributed by atoms with Crippen molar-refractivity contribution in [1.29, 1.82) is 0 Å². The third-order valence-electron chi connectivity index (χ3n) is 4.88. The molecule has 0 amide bonds. The minimum Gasteiger partial charge on any atom is -0.389 e. The fraction of sp³-hybridized carbons (Fsp3) is 0.238. The van der Waals surface area contributed by atoms with Gasteiger partial charge in [0.05, 0.1) is 17.4 Å². The standard InChI is InChI=1S/C21H18F4N4OS/c1-12-14(4-2-5-16(12)22)20-15(21(23,24)25)8-9-17(26-20)28-31-19-7-3-6-18(27-19)29-10-13(30)11-29/h2-9,13,30H,10-11H2,1H3,(H,26,28). The number of benzene rings is 1. The summed E-state index contributed by atoms with van der Waals surface area (Å²) >= 11 is 1.10. The molecule has 2 aromatic heterocycles. The summed E-state index contributed by atoms with van der Waals surface area (Å²) < 4.78 is 57.5. The third-order valence-corrected chi connectivity index (χ3v) is 5.63. The van der Waals surface area contributed by atoms with E-state index in [1.165, 1.54) is 31.2 Å². The van der Waals surface area contributed by atoms with Crippen molar-refractivity contribution in [1.82, 2.24) is 9.97 Å². The zero-order valence-electron chi connectivity index (χ0n) is 16.3. The van der Waals surface area contributed by atoms with E-state index in [1.54, 1.807) is 12.1 Å². The van der Waals surface area contributed by atoms with Crippen LogP contribution in [0.5, 0.6) is 0 Å². The summed E-state index contributed by atoms with van der Waals surface area (Å²) in [5.74, 6) is 0.286. The van der Waals surface area contributed by atoms with Crippen LogP contribution in [0.1, 0.15) is 11.1 Å². The number of anilines is 2. The van der Waals surface area contributed by atoms with Crippen LogP contribution in [0.3, 0.4) is 0 Å². The van der Waals surface area contributed by atoms with E-state index >= 15 is 0 Å². The number of aliphatic hydroxyl groups excluding tert-OH is 1. The number of pyridine rings is 2. The Hall–Kier alpha value is -2.85. The summed E-state index contributed by atoms with van der Waals surface area (Å²) in [6, 6.07) is 11.5. The van der Waals surface area contributed by atoms with Crippen molar-refractivity contribution in [2.75, 3.05) is 22.7 Å². The lowest BCUT2D eigenvalue weighted by molar-refractivity contribution is -0.137. The highest BCUT2D eigenvalue weighted by molar-refractivity contribution is 8.00. The molecule has 0 spiro atoms. The lowest BCUT2D eigenvalue weighted by atomic mass is 10.0. The van der Waals surface area contributed by atoms with Gasteiger partial charge in [-0.1, -0.05) is 18.2 Å². The van der Waals surface area contributed by atoms with Crippen molar-refractivity contribution >= 4 is 23.6 Å². The maximum atomic E-state index is 14.0. The summed E-state index contributed by atoms with van der Waals surface area (Å²) in [6.07, 6.45) is -5.00. The van der Waals surface area contributed by atoms with Gasteiger partial charge in [0, 0.05) is 30.6 Å². The summed E-state index contributed by atoms with van der Waals surface area (Å²) in [7, 11) is 0. The minimum absolute atomic E-state index is 0.0810. The van der Waals surface area contributed by atoms with Gasteiger partial charge in [-0.15, -0.1) is 0 Å². The first-order valence-corrected chi connectivity index (χ1v) is 10.2. The first-order valence-electron chi connectivity index (χ1n) is 9.39.